The molecule has 0 unspecified atom stereocenters. The first-order chi connectivity index (χ1) is 13.7. The second-order valence-electron chi connectivity index (χ2n) is 5.93. The highest BCUT2D eigenvalue weighted by atomic mass is 19.4. The second-order valence-corrected chi connectivity index (χ2v) is 5.93. The highest BCUT2D eigenvalue weighted by Crippen LogP contribution is 2.37. The lowest BCUT2D eigenvalue weighted by molar-refractivity contribution is -0.287. The van der Waals surface area contributed by atoms with Gasteiger partial charge in [0, 0.05) is 11.8 Å². The van der Waals surface area contributed by atoms with Gasteiger partial charge in [-0.25, -0.2) is 14.4 Å². The van der Waals surface area contributed by atoms with Crippen molar-refractivity contribution in [3.05, 3.63) is 40.8 Å². The fourth-order valence-electron chi connectivity index (χ4n) is 2.45. The Bertz CT molecular complexity index is 1150. The minimum absolute atomic E-state index is 0.00220. The van der Waals surface area contributed by atoms with E-state index in [4.69, 9.17) is 4.74 Å². The number of hydrogen-bond acceptors (Lipinski definition) is 5. The second kappa shape index (κ2) is 6.91. The van der Waals surface area contributed by atoms with Crippen LogP contribution in [0.1, 0.15) is 5.69 Å². The third kappa shape index (κ3) is 3.78. The molecular formula is C15H9F8N5O2. The zero-order chi connectivity index (χ0) is 22.5. The van der Waals surface area contributed by atoms with E-state index in [1.54, 1.807) is 0 Å². The van der Waals surface area contributed by atoms with Gasteiger partial charge in [0.15, 0.2) is 11.4 Å². The zero-order valence-electron chi connectivity index (χ0n) is 14.6. The maximum absolute atomic E-state index is 13.5. The van der Waals surface area contributed by atoms with Crippen molar-refractivity contribution >= 4 is 5.78 Å². The predicted molar refractivity (Wildman–Crippen MR) is 83.0 cm³/mol. The summed E-state index contributed by atoms with van der Waals surface area (Å²) < 4.78 is 109. The molecule has 0 N–H and O–H groups in total. The number of alkyl halides is 8. The Balaban J connectivity index is 2.19. The molecular weight excluding hydrogens is 434 g/mol. The van der Waals surface area contributed by atoms with E-state index in [9.17, 15) is 39.9 Å². The van der Waals surface area contributed by atoms with Crippen molar-refractivity contribution in [3.8, 4) is 16.9 Å². The fourth-order valence-corrected chi connectivity index (χ4v) is 2.45. The molecule has 0 amide bonds. The molecule has 3 rings (SSSR count). The number of ether oxygens (including phenoxy) is 1. The average Bonchev–Trinajstić information content (AvgIpc) is 3.06. The van der Waals surface area contributed by atoms with Crippen LogP contribution in [0.25, 0.3) is 16.9 Å². The molecule has 0 radical (unpaired) electrons. The molecule has 0 aromatic carbocycles. The lowest BCUT2D eigenvalue weighted by Crippen LogP contribution is -2.40. The van der Waals surface area contributed by atoms with Gasteiger partial charge in [-0.05, 0) is 0 Å². The zero-order valence-corrected chi connectivity index (χ0v) is 14.6. The standard InChI is InChI=1S/C15H9F8N5O2/c1-30-8-3-24-12-26-10(14(18,19)20)9(11(29)28(12)5-8)7-2-25-27(4-7)6-13(16,17)15(21,22)23/h2-5H,6H2,1H3. The highest BCUT2D eigenvalue weighted by Gasteiger charge is 2.57. The van der Waals surface area contributed by atoms with Gasteiger partial charge in [-0.2, -0.15) is 40.2 Å². The van der Waals surface area contributed by atoms with Crippen molar-refractivity contribution in [2.24, 2.45) is 0 Å². The molecule has 0 aliphatic rings. The molecule has 0 aliphatic carbocycles. The van der Waals surface area contributed by atoms with Crippen LogP contribution in [-0.4, -0.2) is 43.4 Å². The van der Waals surface area contributed by atoms with Crippen molar-refractivity contribution < 1.29 is 39.9 Å². The Morgan fingerprint density at radius 2 is 1.70 bits per heavy atom. The summed E-state index contributed by atoms with van der Waals surface area (Å²) in [6.07, 6.45) is -8.04. The van der Waals surface area contributed by atoms with Gasteiger partial charge in [-0.1, -0.05) is 0 Å². The summed E-state index contributed by atoms with van der Waals surface area (Å²) in [5, 5.41) is 3.22. The lowest BCUT2D eigenvalue weighted by atomic mass is 10.1. The first-order valence-electron chi connectivity index (χ1n) is 7.75. The van der Waals surface area contributed by atoms with E-state index in [1.165, 1.54) is 7.11 Å². The van der Waals surface area contributed by atoms with Crippen molar-refractivity contribution in [2.45, 2.75) is 24.8 Å². The summed E-state index contributed by atoms with van der Waals surface area (Å²) in [5.74, 6) is -5.83. The third-order valence-corrected chi connectivity index (χ3v) is 3.86. The Labute approximate surface area is 160 Å². The van der Waals surface area contributed by atoms with Crippen molar-refractivity contribution in [3.63, 3.8) is 0 Å². The van der Waals surface area contributed by atoms with E-state index in [-0.39, 0.29) is 10.4 Å². The number of rotatable bonds is 4. The van der Waals surface area contributed by atoms with Gasteiger partial charge in [-0.3, -0.25) is 9.48 Å². The molecule has 7 nitrogen and oxygen atoms in total. The summed E-state index contributed by atoms with van der Waals surface area (Å²) >= 11 is 0. The molecule has 3 aromatic heterocycles. The van der Waals surface area contributed by atoms with Gasteiger partial charge in [0.25, 0.3) is 5.56 Å². The number of hydrogen-bond donors (Lipinski definition) is 0. The molecule has 0 spiro atoms. The van der Waals surface area contributed by atoms with Gasteiger partial charge in [-0.15, -0.1) is 0 Å². The van der Waals surface area contributed by atoms with Gasteiger partial charge >= 0.3 is 18.3 Å². The van der Waals surface area contributed by atoms with Gasteiger partial charge < -0.3 is 4.74 Å². The van der Waals surface area contributed by atoms with E-state index >= 15 is 0 Å². The van der Waals surface area contributed by atoms with Crippen LogP contribution in [0.4, 0.5) is 35.1 Å². The minimum Gasteiger partial charge on any atom is -0.494 e. The highest BCUT2D eigenvalue weighted by molar-refractivity contribution is 5.65. The van der Waals surface area contributed by atoms with Crippen LogP contribution in [0.15, 0.2) is 29.6 Å². The topological polar surface area (TPSA) is 74.3 Å². The van der Waals surface area contributed by atoms with E-state index < -0.39 is 53.0 Å². The quantitative estimate of drug-likeness (QED) is 0.580. The molecule has 0 bridgehead atoms. The summed E-state index contributed by atoms with van der Waals surface area (Å²) in [7, 11) is 1.21. The van der Waals surface area contributed by atoms with Crippen LogP contribution in [0.2, 0.25) is 0 Å². The van der Waals surface area contributed by atoms with Crippen molar-refractivity contribution in [2.75, 3.05) is 7.11 Å². The Kier molecular flexibility index (Phi) is 4.94. The monoisotopic (exact) mass is 443 g/mol. The molecule has 3 aromatic rings. The predicted octanol–water partition coefficient (Wildman–Crippen LogP) is 3.18. The minimum atomic E-state index is -5.90. The molecule has 0 aliphatic heterocycles. The normalized spacial score (nSPS) is 13.1. The van der Waals surface area contributed by atoms with Crippen LogP contribution in [-0.2, 0) is 12.7 Å². The summed E-state index contributed by atoms with van der Waals surface area (Å²) in [4.78, 5) is 19.6. The molecule has 30 heavy (non-hydrogen) atoms. The van der Waals surface area contributed by atoms with E-state index in [2.05, 4.69) is 15.1 Å². The molecule has 0 saturated heterocycles. The van der Waals surface area contributed by atoms with Gasteiger partial charge in [0.05, 0.1) is 31.3 Å². The number of aromatic nitrogens is 5. The van der Waals surface area contributed by atoms with E-state index in [0.29, 0.717) is 16.8 Å². The first kappa shape index (κ1) is 21.4. The average molecular weight is 443 g/mol. The van der Waals surface area contributed by atoms with Crippen LogP contribution in [0.3, 0.4) is 0 Å². The first-order valence-corrected chi connectivity index (χ1v) is 7.75. The summed E-state index contributed by atoms with van der Waals surface area (Å²) in [6, 6.07) is 0. The summed E-state index contributed by atoms with van der Waals surface area (Å²) in [6.45, 7) is -1.99. The number of halogens is 8. The van der Waals surface area contributed by atoms with Crippen LogP contribution < -0.4 is 10.3 Å². The molecule has 0 saturated carbocycles. The van der Waals surface area contributed by atoms with Gasteiger partial charge in [0.1, 0.15) is 6.54 Å². The van der Waals surface area contributed by atoms with Crippen molar-refractivity contribution in [1.82, 2.24) is 24.1 Å². The summed E-state index contributed by atoms with van der Waals surface area (Å²) in [5.41, 5.74) is -4.76. The van der Waals surface area contributed by atoms with E-state index in [0.717, 1.165) is 12.4 Å². The van der Waals surface area contributed by atoms with E-state index in [1.807, 2.05) is 0 Å². The maximum Gasteiger partial charge on any atom is 0.455 e. The SMILES string of the molecule is COc1cnc2nc(C(F)(F)F)c(-c3cnn(CC(F)(F)C(F)(F)F)c3)c(=O)n2c1. The third-order valence-electron chi connectivity index (χ3n) is 3.86. The molecule has 162 valence electrons. The molecule has 15 heteroatoms. The van der Waals surface area contributed by atoms with Crippen LogP contribution >= 0.6 is 0 Å². The largest absolute Gasteiger partial charge is 0.494 e. The van der Waals surface area contributed by atoms with Crippen LogP contribution in [0.5, 0.6) is 5.75 Å². The Morgan fingerprint density at radius 3 is 2.27 bits per heavy atom. The molecule has 3 heterocycles. The maximum atomic E-state index is 13.5. The smallest absolute Gasteiger partial charge is 0.455 e. The van der Waals surface area contributed by atoms with Gasteiger partial charge in [0.2, 0.25) is 5.78 Å². The van der Waals surface area contributed by atoms with Crippen molar-refractivity contribution in [1.29, 1.82) is 0 Å². The number of fused-ring (bicyclic) bond motifs is 1. The van der Waals surface area contributed by atoms with Crippen LogP contribution in [0, 0.1) is 0 Å². The number of methoxy groups -OCH3 is 1. The molecule has 0 atom stereocenters. The fraction of sp³-hybridized carbons (Fsp3) is 0.333. The Hall–Kier alpha value is -3.26. The molecule has 0 fully saturated rings. The lowest BCUT2D eigenvalue weighted by Gasteiger charge is -2.19. The Morgan fingerprint density at radius 1 is 1.03 bits per heavy atom. The number of nitrogens with zero attached hydrogens (tertiary/aromatic N) is 5.